The number of aromatic nitrogens is 2. The molecule has 0 N–H and O–H groups in total. The van der Waals surface area contributed by atoms with E-state index in [1.165, 1.54) is 0 Å². The topological polar surface area (TPSA) is 65.2 Å². The van der Waals surface area contributed by atoms with Crippen LogP contribution in [0.4, 0.5) is 0 Å². The quantitative estimate of drug-likeness (QED) is 0.671. The van der Waals surface area contributed by atoms with Crippen molar-refractivity contribution in [3.8, 4) is 11.5 Å². The first kappa shape index (κ1) is 15.9. The molecular formula is C19H18N2O3. The molecule has 0 aliphatic carbocycles. The molecule has 1 heterocycles. The largest absolute Gasteiger partial charge is 0.449 e. The van der Waals surface area contributed by atoms with Crippen LogP contribution in [-0.4, -0.2) is 16.2 Å². The Morgan fingerprint density at radius 2 is 1.79 bits per heavy atom. The maximum Gasteiger partial charge on any atom is 0.339 e. The van der Waals surface area contributed by atoms with Crippen molar-refractivity contribution >= 4 is 5.97 Å². The van der Waals surface area contributed by atoms with Gasteiger partial charge in [-0.3, -0.25) is 0 Å². The van der Waals surface area contributed by atoms with E-state index in [4.69, 9.17) is 9.15 Å². The van der Waals surface area contributed by atoms with Gasteiger partial charge in [-0.2, -0.15) is 0 Å². The molecule has 0 unspecified atom stereocenters. The lowest BCUT2D eigenvalue weighted by atomic mass is 10.0. The second-order valence-corrected chi connectivity index (χ2v) is 5.61. The zero-order chi connectivity index (χ0) is 17.1. The zero-order valence-corrected chi connectivity index (χ0v) is 13.8. The van der Waals surface area contributed by atoms with Gasteiger partial charge in [0.05, 0.1) is 5.56 Å². The highest BCUT2D eigenvalue weighted by Gasteiger charge is 2.21. The van der Waals surface area contributed by atoms with Crippen LogP contribution in [-0.2, 0) is 4.74 Å². The molecule has 122 valence electrons. The maximum atomic E-state index is 12.4. The van der Waals surface area contributed by atoms with Crippen molar-refractivity contribution in [3.05, 3.63) is 71.1 Å². The number of esters is 1. The van der Waals surface area contributed by atoms with Crippen molar-refractivity contribution in [3.63, 3.8) is 0 Å². The number of benzene rings is 2. The van der Waals surface area contributed by atoms with Crippen LogP contribution in [0.2, 0.25) is 0 Å². The number of carbonyl (C=O) groups excluding carboxylic acids is 1. The lowest BCUT2D eigenvalue weighted by Crippen LogP contribution is -2.11. The minimum absolute atomic E-state index is 0.271. The molecule has 0 aliphatic heterocycles. The maximum absolute atomic E-state index is 12.4. The molecule has 3 rings (SSSR count). The summed E-state index contributed by atoms with van der Waals surface area (Å²) in [4.78, 5) is 12.4. The van der Waals surface area contributed by atoms with Gasteiger partial charge in [0.15, 0.2) is 6.10 Å². The third-order valence-corrected chi connectivity index (χ3v) is 3.92. The summed E-state index contributed by atoms with van der Waals surface area (Å²) in [7, 11) is 0. The molecule has 24 heavy (non-hydrogen) atoms. The Morgan fingerprint density at radius 1 is 1.04 bits per heavy atom. The van der Waals surface area contributed by atoms with Crippen molar-refractivity contribution in [1.29, 1.82) is 0 Å². The van der Waals surface area contributed by atoms with Crippen LogP contribution in [0.15, 0.2) is 52.9 Å². The van der Waals surface area contributed by atoms with E-state index in [1.807, 2.05) is 56.3 Å². The fourth-order valence-corrected chi connectivity index (χ4v) is 2.34. The Morgan fingerprint density at radius 3 is 2.54 bits per heavy atom. The molecule has 1 aromatic heterocycles. The Bertz CT molecular complexity index is 856. The molecule has 5 nitrogen and oxygen atoms in total. The Hall–Kier alpha value is -2.95. The van der Waals surface area contributed by atoms with E-state index in [9.17, 15) is 4.79 Å². The minimum atomic E-state index is -0.623. The lowest BCUT2D eigenvalue weighted by Gasteiger charge is -2.12. The molecule has 0 radical (unpaired) electrons. The number of nitrogens with zero attached hydrogens (tertiary/aromatic N) is 2. The first-order chi connectivity index (χ1) is 11.6. The van der Waals surface area contributed by atoms with Gasteiger partial charge >= 0.3 is 5.97 Å². The SMILES string of the molecule is Cc1cccc(C(=O)O[C@H](C)c2nnc(-c3ccccc3)o2)c1C. The lowest BCUT2D eigenvalue weighted by molar-refractivity contribution is 0.0279. The van der Waals surface area contributed by atoms with E-state index >= 15 is 0 Å². The van der Waals surface area contributed by atoms with Gasteiger partial charge in [-0.25, -0.2) is 4.79 Å². The second-order valence-electron chi connectivity index (χ2n) is 5.61. The predicted molar refractivity (Wildman–Crippen MR) is 89.5 cm³/mol. The first-order valence-electron chi connectivity index (χ1n) is 7.72. The molecule has 5 heteroatoms. The van der Waals surface area contributed by atoms with E-state index in [0.29, 0.717) is 11.5 Å². The highest BCUT2D eigenvalue weighted by atomic mass is 16.6. The van der Waals surface area contributed by atoms with Crippen LogP contribution >= 0.6 is 0 Å². The zero-order valence-electron chi connectivity index (χ0n) is 13.8. The summed E-state index contributed by atoms with van der Waals surface area (Å²) in [5.74, 6) is 0.274. The standard InChI is InChI=1S/C19H18N2O3/c1-12-8-7-11-16(13(12)2)19(22)23-14(3)17-20-21-18(24-17)15-9-5-4-6-10-15/h4-11,14H,1-3H3/t14-/m1/s1. The van der Waals surface area contributed by atoms with Crippen LogP contribution in [0.1, 0.15) is 40.4 Å². The molecule has 3 aromatic rings. The van der Waals surface area contributed by atoms with Crippen molar-refractivity contribution in [1.82, 2.24) is 10.2 Å². The van der Waals surface area contributed by atoms with Crippen molar-refractivity contribution < 1.29 is 13.9 Å². The Kier molecular flexibility index (Phi) is 4.42. The van der Waals surface area contributed by atoms with Crippen molar-refractivity contribution in [2.45, 2.75) is 26.9 Å². The smallest absolute Gasteiger partial charge is 0.339 e. The summed E-state index contributed by atoms with van der Waals surface area (Å²) in [6.45, 7) is 5.57. The van der Waals surface area contributed by atoms with Gasteiger partial charge in [-0.15, -0.1) is 10.2 Å². The molecule has 0 saturated carbocycles. The third kappa shape index (κ3) is 3.20. The molecule has 0 saturated heterocycles. The number of carbonyl (C=O) groups is 1. The van der Waals surface area contributed by atoms with Crippen molar-refractivity contribution in [2.24, 2.45) is 0 Å². The van der Waals surface area contributed by atoms with E-state index < -0.39 is 12.1 Å². The molecule has 2 aromatic carbocycles. The molecule has 0 amide bonds. The molecule has 0 spiro atoms. The molecule has 0 aliphatic rings. The summed E-state index contributed by atoms with van der Waals surface area (Å²) in [6.07, 6.45) is -0.623. The van der Waals surface area contributed by atoms with Crippen molar-refractivity contribution in [2.75, 3.05) is 0 Å². The third-order valence-electron chi connectivity index (χ3n) is 3.92. The molecule has 0 fully saturated rings. The molecule has 1 atom stereocenters. The number of aryl methyl sites for hydroxylation is 1. The van der Waals surface area contributed by atoms with Crippen LogP contribution in [0.25, 0.3) is 11.5 Å². The van der Waals surface area contributed by atoms with Gasteiger partial charge in [0.2, 0.25) is 5.89 Å². The normalized spacial score (nSPS) is 12.0. The monoisotopic (exact) mass is 322 g/mol. The highest BCUT2D eigenvalue weighted by Crippen LogP contribution is 2.23. The molecule has 0 bridgehead atoms. The fraction of sp³-hybridized carbons (Fsp3) is 0.211. The van der Waals surface area contributed by atoms with Gasteiger partial charge in [0.1, 0.15) is 0 Å². The highest BCUT2D eigenvalue weighted by molar-refractivity contribution is 5.91. The van der Waals surface area contributed by atoms with Gasteiger partial charge in [-0.05, 0) is 50.1 Å². The van der Waals surface area contributed by atoms with E-state index in [-0.39, 0.29) is 5.89 Å². The number of hydrogen-bond acceptors (Lipinski definition) is 5. The van der Waals surface area contributed by atoms with Gasteiger partial charge < -0.3 is 9.15 Å². The van der Waals surface area contributed by atoms with Gasteiger partial charge in [0, 0.05) is 5.56 Å². The van der Waals surface area contributed by atoms with Gasteiger partial charge in [0.25, 0.3) is 5.89 Å². The second kappa shape index (κ2) is 6.66. The fourth-order valence-electron chi connectivity index (χ4n) is 2.34. The van der Waals surface area contributed by atoms with Crippen LogP contribution < -0.4 is 0 Å². The summed E-state index contributed by atoms with van der Waals surface area (Å²) >= 11 is 0. The first-order valence-corrected chi connectivity index (χ1v) is 7.72. The van der Waals surface area contributed by atoms with Crippen LogP contribution in [0.5, 0.6) is 0 Å². The Labute approximate surface area is 140 Å². The summed E-state index contributed by atoms with van der Waals surface area (Å²) in [6, 6.07) is 15.0. The molecular weight excluding hydrogens is 304 g/mol. The average Bonchev–Trinajstić information content (AvgIpc) is 3.08. The van der Waals surface area contributed by atoms with Crippen LogP contribution in [0.3, 0.4) is 0 Å². The predicted octanol–water partition coefficient (Wildman–Crippen LogP) is 4.27. The number of ether oxygens (including phenoxy) is 1. The number of rotatable bonds is 4. The average molecular weight is 322 g/mol. The Balaban J connectivity index is 1.76. The summed E-state index contributed by atoms with van der Waals surface area (Å²) < 4.78 is 11.1. The van der Waals surface area contributed by atoms with E-state index in [1.54, 1.807) is 13.0 Å². The van der Waals surface area contributed by atoms with E-state index in [0.717, 1.165) is 16.7 Å². The van der Waals surface area contributed by atoms with Crippen LogP contribution in [0, 0.1) is 13.8 Å². The minimum Gasteiger partial charge on any atom is -0.449 e. The van der Waals surface area contributed by atoms with E-state index in [2.05, 4.69) is 10.2 Å². The summed E-state index contributed by atoms with van der Waals surface area (Å²) in [5, 5.41) is 8.00. The number of hydrogen-bond donors (Lipinski definition) is 0. The summed E-state index contributed by atoms with van der Waals surface area (Å²) in [5.41, 5.74) is 3.32. The van der Waals surface area contributed by atoms with Gasteiger partial charge in [-0.1, -0.05) is 30.3 Å².